The Balaban J connectivity index is 2.18. The van der Waals surface area contributed by atoms with Gasteiger partial charge in [-0.25, -0.2) is 0 Å². The fraction of sp³-hybridized carbons (Fsp3) is 0.333. The monoisotopic (exact) mass is 345 g/mol. The number of nitrogens with zero attached hydrogens (tertiary/aromatic N) is 1. The van der Waals surface area contributed by atoms with Crippen LogP contribution in [-0.4, -0.2) is 29.8 Å². The summed E-state index contributed by atoms with van der Waals surface area (Å²) in [5.74, 6) is -0.319. The predicted octanol–water partition coefficient (Wildman–Crippen LogP) is 3.05. The van der Waals surface area contributed by atoms with Crippen LogP contribution in [0.3, 0.4) is 0 Å². The summed E-state index contributed by atoms with van der Waals surface area (Å²) < 4.78 is 0. The van der Waals surface area contributed by atoms with Gasteiger partial charge in [0.1, 0.15) is 0 Å². The number of thiophene rings is 1. The molecule has 0 fully saturated rings. The average Bonchev–Trinajstić information content (AvgIpc) is 2.89. The lowest BCUT2D eigenvalue weighted by Crippen LogP contribution is -2.30. The largest absolute Gasteiger partial charge is 0.390 e. The number of amides is 2. The molecule has 0 saturated carbocycles. The first-order valence-corrected chi connectivity index (χ1v) is 8.81. The molecule has 0 radical (unpaired) electrons. The van der Waals surface area contributed by atoms with Gasteiger partial charge in [-0.2, -0.15) is 0 Å². The van der Waals surface area contributed by atoms with E-state index in [1.54, 1.807) is 11.8 Å². The second-order valence-corrected chi connectivity index (χ2v) is 6.49. The summed E-state index contributed by atoms with van der Waals surface area (Å²) in [7, 11) is 0. The lowest BCUT2D eigenvalue weighted by atomic mass is 10.1. The standard InChI is InChI=1S/C18H23N3O2S/c1-4-21(5-2)18(23)15-12(3)14(16(19)24-15)17(22)20-11-13-9-7-6-8-10-13/h6-10H,4-5,11,19H2,1-3H3,(H,20,22). The Bertz CT molecular complexity index is 721. The highest BCUT2D eigenvalue weighted by Crippen LogP contribution is 2.31. The molecule has 2 aromatic rings. The molecular formula is C18H23N3O2S. The zero-order valence-corrected chi connectivity index (χ0v) is 15.1. The topological polar surface area (TPSA) is 75.4 Å². The highest BCUT2D eigenvalue weighted by atomic mass is 32.1. The minimum atomic E-state index is -0.247. The summed E-state index contributed by atoms with van der Waals surface area (Å²) in [4.78, 5) is 27.3. The van der Waals surface area contributed by atoms with Gasteiger partial charge in [0.25, 0.3) is 11.8 Å². The van der Waals surface area contributed by atoms with Gasteiger partial charge in [-0.1, -0.05) is 30.3 Å². The van der Waals surface area contributed by atoms with Gasteiger partial charge in [-0.15, -0.1) is 11.3 Å². The molecule has 0 aliphatic carbocycles. The van der Waals surface area contributed by atoms with Crippen LogP contribution in [0.2, 0.25) is 0 Å². The third-order valence-corrected chi connectivity index (χ3v) is 5.05. The van der Waals surface area contributed by atoms with Crippen molar-refractivity contribution in [2.45, 2.75) is 27.3 Å². The Morgan fingerprint density at radius 1 is 1.17 bits per heavy atom. The first kappa shape index (κ1) is 18.0. The molecular weight excluding hydrogens is 322 g/mol. The molecule has 1 aromatic heterocycles. The molecule has 128 valence electrons. The highest BCUT2D eigenvalue weighted by molar-refractivity contribution is 7.18. The fourth-order valence-corrected chi connectivity index (χ4v) is 3.58. The van der Waals surface area contributed by atoms with Crippen LogP contribution >= 0.6 is 11.3 Å². The Kier molecular flexibility index (Phi) is 5.98. The highest BCUT2D eigenvalue weighted by Gasteiger charge is 2.25. The molecule has 0 aliphatic rings. The number of carbonyl (C=O) groups excluding carboxylic acids is 2. The van der Waals surface area contributed by atoms with Crippen molar-refractivity contribution in [2.75, 3.05) is 18.8 Å². The van der Waals surface area contributed by atoms with Gasteiger partial charge in [0, 0.05) is 19.6 Å². The summed E-state index contributed by atoms with van der Waals surface area (Å²) in [5, 5.41) is 3.25. The number of carbonyl (C=O) groups is 2. The quantitative estimate of drug-likeness (QED) is 0.845. The second-order valence-electron chi connectivity index (χ2n) is 5.44. The minimum Gasteiger partial charge on any atom is -0.390 e. The van der Waals surface area contributed by atoms with Crippen LogP contribution in [0.1, 0.15) is 45.0 Å². The molecule has 24 heavy (non-hydrogen) atoms. The number of hydrogen-bond donors (Lipinski definition) is 2. The number of anilines is 1. The first-order valence-electron chi connectivity index (χ1n) is 7.99. The van der Waals surface area contributed by atoms with Gasteiger partial charge >= 0.3 is 0 Å². The van der Waals surface area contributed by atoms with Gasteiger partial charge in [-0.3, -0.25) is 9.59 Å². The Morgan fingerprint density at radius 2 is 1.79 bits per heavy atom. The molecule has 6 heteroatoms. The predicted molar refractivity (Wildman–Crippen MR) is 98.3 cm³/mol. The second kappa shape index (κ2) is 7.97. The Morgan fingerprint density at radius 3 is 2.38 bits per heavy atom. The number of benzene rings is 1. The van der Waals surface area contributed by atoms with E-state index in [-0.39, 0.29) is 11.8 Å². The molecule has 0 aliphatic heterocycles. The van der Waals surface area contributed by atoms with Crippen molar-refractivity contribution in [3.63, 3.8) is 0 Å². The van der Waals surface area contributed by atoms with Gasteiger partial charge in [-0.05, 0) is 31.9 Å². The van der Waals surface area contributed by atoms with E-state index in [9.17, 15) is 9.59 Å². The molecule has 0 atom stereocenters. The van der Waals surface area contributed by atoms with E-state index >= 15 is 0 Å². The number of nitrogens with two attached hydrogens (primary N) is 1. The van der Waals surface area contributed by atoms with Crippen molar-refractivity contribution < 1.29 is 9.59 Å². The van der Waals surface area contributed by atoms with Gasteiger partial charge < -0.3 is 16.0 Å². The van der Waals surface area contributed by atoms with Crippen LogP contribution in [0.4, 0.5) is 5.00 Å². The van der Waals surface area contributed by atoms with Crippen LogP contribution in [0.25, 0.3) is 0 Å². The molecule has 3 N–H and O–H groups in total. The molecule has 1 heterocycles. The third-order valence-electron chi connectivity index (χ3n) is 3.94. The van der Waals surface area contributed by atoms with E-state index < -0.39 is 0 Å². The van der Waals surface area contributed by atoms with E-state index in [0.717, 1.165) is 5.56 Å². The first-order chi connectivity index (χ1) is 11.5. The van der Waals surface area contributed by atoms with Crippen molar-refractivity contribution >= 4 is 28.2 Å². The Hall–Kier alpha value is -2.34. The lowest BCUT2D eigenvalue weighted by molar-refractivity contribution is 0.0777. The van der Waals surface area contributed by atoms with Crippen molar-refractivity contribution in [2.24, 2.45) is 0 Å². The summed E-state index contributed by atoms with van der Waals surface area (Å²) in [5.41, 5.74) is 8.09. The van der Waals surface area contributed by atoms with Crippen LogP contribution in [0, 0.1) is 6.92 Å². The molecule has 1 aromatic carbocycles. The van der Waals surface area contributed by atoms with Crippen molar-refractivity contribution in [1.29, 1.82) is 0 Å². The summed E-state index contributed by atoms with van der Waals surface area (Å²) >= 11 is 1.18. The molecule has 0 bridgehead atoms. The number of nitrogens with one attached hydrogen (secondary N) is 1. The summed E-state index contributed by atoms with van der Waals surface area (Å²) in [6, 6.07) is 9.66. The lowest BCUT2D eigenvalue weighted by Gasteiger charge is -2.18. The number of nitrogen functional groups attached to an aromatic ring is 1. The zero-order valence-electron chi connectivity index (χ0n) is 14.3. The molecule has 2 amide bonds. The molecule has 0 unspecified atom stereocenters. The van der Waals surface area contributed by atoms with E-state index in [4.69, 9.17) is 5.73 Å². The van der Waals surface area contributed by atoms with E-state index in [0.29, 0.717) is 40.6 Å². The average molecular weight is 345 g/mol. The van der Waals surface area contributed by atoms with Gasteiger partial charge in [0.05, 0.1) is 15.4 Å². The van der Waals surface area contributed by atoms with Crippen LogP contribution in [0.15, 0.2) is 30.3 Å². The smallest absolute Gasteiger partial charge is 0.264 e. The van der Waals surface area contributed by atoms with Crippen LogP contribution in [-0.2, 0) is 6.54 Å². The maximum absolute atomic E-state index is 12.5. The zero-order chi connectivity index (χ0) is 17.7. The van der Waals surface area contributed by atoms with Crippen molar-refractivity contribution in [3.8, 4) is 0 Å². The van der Waals surface area contributed by atoms with Gasteiger partial charge in [0.2, 0.25) is 0 Å². The molecule has 5 nitrogen and oxygen atoms in total. The minimum absolute atomic E-state index is 0.0729. The number of rotatable bonds is 6. The fourth-order valence-electron chi connectivity index (χ4n) is 2.54. The maximum Gasteiger partial charge on any atom is 0.264 e. The van der Waals surface area contributed by atoms with Gasteiger partial charge in [0.15, 0.2) is 0 Å². The van der Waals surface area contributed by atoms with Crippen LogP contribution in [0.5, 0.6) is 0 Å². The maximum atomic E-state index is 12.5. The van der Waals surface area contributed by atoms with Crippen LogP contribution < -0.4 is 11.1 Å². The third kappa shape index (κ3) is 3.76. The molecule has 0 spiro atoms. The van der Waals surface area contributed by atoms with E-state index in [2.05, 4.69) is 5.32 Å². The molecule has 0 saturated heterocycles. The summed E-state index contributed by atoms with van der Waals surface area (Å²) in [6.07, 6.45) is 0. The van der Waals surface area contributed by atoms with Crippen molar-refractivity contribution in [3.05, 3.63) is 51.9 Å². The van der Waals surface area contributed by atoms with E-state index in [1.807, 2.05) is 44.2 Å². The van der Waals surface area contributed by atoms with Crippen molar-refractivity contribution in [1.82, 2.24) is 10.2 Å². The SMILES string of the molecule is CCN(CC)C(=O)c1sc(N)c(C(=O)NCc2ccccc2)c1C. The van der Waals surface area contributed by atoms with E-state index in [1.165, 1.54) is 11.3 Å². The normalized spacial score (nSPS) is 10.5. The summed E-state index contributed by atoms with van der Waals surface area (Å²) in [6.45, 7) is 7.32. The number of hydrogen-bond acceptors (Lipinski definition) is 4. The Labute approximate surface area is 146 Å². The molecule has 2 rings (SSSR count).